The van der Waals surface area contributed by atoms with Crippen molar-refractivity contribution in [3.05, 3.63) is 60.0 Å². The average molecular weight is 496 g/mol. The number of sulfonamides is 1. The predicted octanol–water partition coefficient (Wildman–Crippen LogP) is 3.10. The molecule has 2 aromatic carbocycles. The van der Waals surface area contributed by atoms with Gasteiger partial charge in [0.15, 0.2) is 0 Å². The van der Waals surface area contributed by atoms with Gasteiger partial charge in [0, 0.05) is 50.9 Å². The van der Waals surface area contributed by atoms with Crippen molar-refractivity contribution < 1.29 is 17.7 Å². The molecule has 0 radical (unpaired) electrons. The minimum Gasteiger partial charge on any atom is -0.337 e. The van der Waals surface area contributed by atoms with Gasteiger partial charge >= 0.3 is 0 Å². The van der Waals surface area contributed by atoms with Crippen LogP contribution in [0.4, 0.5) is 5.69 Å². The third-order valence-corrected chi connectivity index (χ3v) is 8.73. The van der Waals surface area contributed by atoms with Gasteiger partial charge in [-0.2, -0.15) is 9.29 Å². The van der Waals surface area contributed by atoms with Crippen LogP contribution >= 0.6 is 0 Å². The summed E-state index contributed by atoms with van der Waals surface area (Å²) in [4.78, 5) is 20.6. The lowest BCUT2D eigenvalue weighted by Crippen LogP contribution is -2.49. The third-order valence-electron chi connectivity index (χ3n) is 6.84. The van der Waals surface area contributed by atoms with Crippen LogP contribution < -0.4 is 4.90 Å². The molecule has 5 rings (SSSR count). The first-order valence-electron chi connectivity index (χ1n) is 11.9. The number of rotatable bonds is 5. The highest BCUT2D eigenvalue weighted by Gasteiger charge is 2.33. The Bertz CT molecular complexity index is 1320. The topological polar surface area (TPSA) is 99.9 Å². The number of hydrogen-bond donors (Lipinski definition) is 0. The number of hydrogen-bond acceptors (Lipinski definition) is 7. The minimum absolute atomic E-state index is 0.0241. The third kappa shape index (κ3) is 4.61. The molecule has 3 aromatic rings. The zero-order chi connectivity index (χ0) is 24.6. The lowest BCUT2D eigenvalue weighted by Gasteiger charge is -2.36. The lowest BCUT2D eigenvalue weighted by molar-refractivity contribution is -0.116. The molecule has 184 valence electrons. The van der Waals surface area contributed by atoms with Gasteiger partial charge in [-0.05, 0) is 43.5 Å². The first-order chi connectivity index (χ1) is 16.8. The van der Waals surface area contributed by atoms with Crippen LogP contribution in [0, 0.1) is 0 Å². The SMILES string of the molecule is CC(=O)N1CCCc2cc(S(=O)(=O)N3CCN(C(C)c4nc(-c5ccccc5)no4)CC3)ccc21. The highest BCUT2D eigenvalue weighted by atomic mass is 32.2. The Balaban J connectivity index is 1.26. The number of piperazine rings is 1. The summed E-state index contributed by atoms with van der Waals surface area (Å²) < 4.78 is 33.8. The zero-order valence-corrected chi connectivity index (χ0v) is 20.7. The smallest absolute Gasteiger partial charge is 0.244 e. The molecule has 35 heavy (non-hydrogen) atoms. The second-order valence-corrected chi connectivity index (χ2v) is 10.9. The van der Waals surface area contributed by atoms with Gasteiger partial charge in [-0.1, -0.05) is 35.5 Å². The van der Waals surface area contributed by atoms with E-state index < -0.39 is 10.0 Å². The number of nitrogens with zero attached hydrogens (tertiary/aromatic N) is 5. The standard InChI is InChI=1S/C25H29N5O4S/c1-18(25-26-24(27-34-25)20-7-4-3-5-8-20)28-13-15-29(16-14-28)35(32,33)22-10-11-23-21(17-22)9-6-12-30(23)19(2)31/h3-5,7-8,10-11,17-18H,6,9,12-16H2,1-2H3. The van der Waals surface area contributed by atoms with Crippen molar-refractivity contribution in [1.29, 1.82) is 0 Å². The van der Waals surface area contributed by atoms with Gasteiger partial charge in [0.1, 0.15) is 0 Å². The number of benzene rings is 2. The molecule has 0 spiro atoms. The van der Waals surface area contributed by atoms with Crippen molar-refractivity contribution in [3.8, 4) is 11.4 Å². The van der Waals surface area contributed by atoms with E-state index in [1.165, 1.54) is 11.2 Å². The van der Waals surface area contributed by atoms with Crippen LogP contribution in [0.25, 0.3) is 11.4 Å². The monoisotopic (exact) mass is 495 g/mol. The number of amides is 1. The van der Waals surface area contributed by atoms with Gasteiger partial charge in [0.25, 0.3) is 0 Å². The van der Waals surface area contributed by atoms with Gasteiger partial charge in [0.2, 0.25) is 27.6 Å². The first-order valence-corrected chi connectivity index (χ1v) is 13.3. The van der Waals surface area contributed by atoms with Crippen molar-refractivity contribution >= 4 is 21.6 Å². The molecule has 0 saturated carbocycles. The van der Waals surface area contributed by atoms with E-state index in [0.717, 1.165) is 29.7 Å². The molecule has 3 heterocycles. The summed E-state index contributed by atoms with van der Waals surface area (Å²) in [7, 11) is -3.63. The summed E-state index contributed by atoms with van der Waals surface area (Å²) in [6, 6.07) is 14.7. The van der Waals surface area contributed by atoms with Crippen LogP contribution in [-0.2, 0) is 21.2 Å². The van der Waals surface area contributed by atoms with Crippen molar-refractivity contribution in [2.24, 2.45) is 0 Å². The van der Waals surface area contributed by atoms with Crippen LogP contribution in [0.1, 0.15) is 37.8 Å². The molecule has 0 N–H and O–H groups in total. The highest BCUT2D eigenvalue weighted by Crippen LogP contribution is 2.31. The summed E-state index contributed by atoms with van der Waals surface area (Å²) in [6.07, 6.45) is 1.59. The molecule has 1 fully saturated rings. The number of carbonyl (C=O) groups is 1. The summed E-state index contributed by atoms with van der Waals surface area (Å²) in [6.45, 7) is 6.08. The molecule has 10 heteroatoms. The molecular formula is C25H29N5O4S. The fourth-order valence-corrected chi connectivity index (χ4v) is 6.28. The highest BCUT2D eigenvalue weighted by molar-refractivity contribution is 7.89. The summed E-state index contributed by atoms with van der Waals surface area (Å²) >= 11 is 0. The van der Waals surface area contributed by atoms with Gasteiger partial charge in [-0.25, -0.2) is 8.42 Å². The van der Waals surface area contributed by atoms with Gasteiger partial charge in [0.05, 0.1) is 10.9 Å². The van der Waals surface area contributed by atoms with Crippen molar-refractivity contribution in [3.63, 3.8) is 0 Å². The second-order valence-electron chi connectivity index (χ2n) is 9.00. The maximum Gasteiger partial charge on any atom is 0.244 e. The Morgan fingerprint density at radius 2 is 1.77 bits per heavy atom. The van der Waals surface area contributed by atoms with Crippen molar-refractivity contribution in [1.82, 2.24) is 19.3 Å². The molecule has 1 saturated heterocycles. The lowest BCUT2D eigenvalue weighted by atomic mass is 10.0. The van der Waals surface area contributed by atoms with E-state index in [1.807, 2.05) is 37.3 Å². The van der Waals surface area contributed by atoms with Crippen LogP contribution in [-0.4, -0.2) is 66.4 Å². The van der Waals surface area contributed by atoms with Crippen LogP contribution in [0.5, 0.6) is 0 Å². The summed E-state index contributed by atoms with van der Waals surface area (Å²) in [5, 5.41) is 4.10. The molecule has 1 amide bonds. The molecule has 0 bridgehead atoms. The van der Waals surface area contributed by atoms with E-state index in [-0.39, 0.29) is 16.8 Å². The first kappa shape index (κ1) is 23.7. The van der Waals surface area contributed by atoms with E-state index in [1.54, 1.807) is 23.1 Å². The Kier molecular flexibility index (Phi) is 6.43. The fraction of sp³-hybridized carbons (Fsp3) is 0.400. The van der Waals surface area contributed by atoms with E-state index in [4.69, 9.17) is 4.52 Å². The molecule has 0 aliphatic carbocycles. The second kappa shape index (κ2) is 9.52. The summed E-state index contributed by atoms with van der Waals surface area (Å²) in [5.41, 5.74) is 2.61. The number of fused-ring (bicyclic) bond motifs is 1. The van der Waals surface area contributed by atoms with E-state index in [9.17, 15) is 13.2 Å². The molecule has 1 atom stereocenters. The average Bonchev–Trinajstić information content (AvgIpc) is 3.38. The molecule has 2 aliphatic heterocycles. The fourth-order valence-electron chi connectivity index (χ4n) is 4.81. The molecule has 2 aliphatic rings. The number of aromatic nitrogens is 2. The minimum atomic E-state index is -3.63. The van der Waals surface area contributed by atoms with E-state index in [2.05, 4.69) is 15.0 Å². The number of carbonyl (C=O) groups excluding carboxylic acids is 1. The molecule has 1 unspecified atom stereocenters. The van der Waals surface area contributed by atoms with Gasteiger partial charge < -0.3 is 9.42 Å². The maximum atomic E-state index is 13.4. The molecule has 9 nitrogen and oxygen atoms in total. The maximum absolute atomic E-state index is 13.4. The van der Waals surface area contributed by atoms with E-state index >= 15 is 0 Å². The Labute approximate surface area is 205 Å². The van der Waals surface area contributed by atoms with Crippen LogP contribution in [0.15, 0.2) is 57.9 Å². The Hall–Kier alpha value is -3.08. The number of aryl methyl sites for hydroxylation is 1. The van der Waals surface area contributed by atoms with Gasteiger partial charge in [-0.15, -0.1) is 0 Å². The normalized spacial score (nSPS) is 18.3. The van der Waals surface area contributed by atoms with Crippen molar-refractivity contribution in [2.45, 2.75) is 37.6 Å². The quantitative estimate of drug-likeness (QED) is 0.536. The van der Waals surface area contributed by atoms with Crippen molar-refractivity contribution in [2.75, 3.05) is 37.6 Å². The Morgan fingerprint density at radius 3 is 2.49 bits per heavy atom. The molecular weight excluding hydrogens is 466 g/mol. The van der Waals surface area contributed by atoms with Gasteiger partial charge in [-0.3, -0.25) is 9.69 Å². The zero-order valence-electron chi connectivity index (χ0n) is 19.9. The molecule has 1 aromatic heterocycles. The number of anilines is 1. The Morgan fingerprint density at radius 1 is 1.03 bits per heavy atom. The predicted molar refractivity (Wildman–Crippen MR) is 131 cm³/mol. The summed E-state index contributed by atoms with van der Waals surface area (Å²) in [5.74, 6) is 1.04. The van der Waals surface area contributed by atoms with Crippen LogP contribution in [0.2, 0.25) is 0 Å². The van der Waals surface area contributed by atoms with Crippen LogP contribution in [0.3, 0.4) is 0 Å². The van der Waals surface area contributed by atoms with E-state index in [0.29, 0.717) is 44.4 Å². The largest absolute Gasteiger partial charge is 0.337 e.